The number of benzene rings is 2. The zero-order valence-electron chi connectivity index (χ0n) is 18.9. The maximum absolute atomic E-state index is 13.0. The Balaban J connectivity index is 1.34. The molecule has 2 aromatic carbocycles. The van der Waals surface area contributed by atoms with Gasteiger partial charge in [-0.25, -0.2) is 0 Å². The molecule has 1 heterocycles. The van der Waals surface area contributed by atoms with Gasteiger partial charge in [0, 0.05) is 11.3 Å². The third kappa shape index (κ3) is 3.42. The van der Waals surface area contributed by atoms with Gasteiger partial charge in [0.05, 0.1) is 24.1 Å². The summed E-state index contributed by atoms with van der Waals surface area (Å²) in [6.45, 7) is 5.42. The fraction of sp³-hybridized carbons (Fsp3) is 0.250. The SMILES string of the molecule is C=C/C=C(/CO)c1cccc(NC(=O)c2ccc(N3C(=O)C4C5C=CC(C5)C4C3=O)cc2)c1C. The van der Waals surface area contributed by atoms with Gasteiger partial charge in [0.1, 0.15) is 0 Å². The van der Waals surface area contributed by atoms with Crippen molar-refractivity contribution in [3.63, 3.8) is 0 Å². The second-order valence-corrected chi connectivity index (χ2v) is 9.08. The van der Waals surface area contributed by atoms with Crippen LogP contribution in [0.5, 0.6) is 0 Å². The number of hydrogen-bond donors (Lipinski definition) is 2. The molecule has 172 valence electrons. The van der Waals surface area contributed by atoms with Gasteiger partial charge in [-0.05, 0) is 72.2 Å². The minimum atomic E-state index is -0.303. The number of carbonyl (C=O) groups is 3. The van der Waals surface area contributed by atoms with Crippen LogP contribution in [0.4, 0.5) is 11.4 Å². The molecule has 0 spiro atoms. The summed E-state index contributed by atoms with van der Waals surface area (Å²) < 4.78 is 0. The number of aliphatic hydroxyl groups excluding tert-OH is 1. The molecule has 5 rings (SSSR count). The molecule has 1 aliphatic heterocycles. The fourth-order valence-electron chi connectivity index (χ4n) is 5.60. The number of aliphatic hydroxyl groups is 1. The van der Waals surface area contributed by atoms with Crippen molar-refractivity contribution >= 4 is 34.7 Å². The maximum atomic E-state index is 13.0. The normalized spacial score (nSPS) is 25.1. The van der Waals surface area contributed by atoms with Gasteiger partial charge in [-0.15, -0.1) is 0 Å². The van der Waals surface area contributed by atoms with Crippen molar-refractivity contribution in [1.29, 1.82) is 0 Å². The predicted molar refractivity (Wildman–Crippen MR) is 131 cm³/mol. The molecule has 0 aromatic heterocycles. The van der Waals surface area contributed by atoms with Crippen LogP contribution in [-0.4, -0.2) is 29.4 Å². The Bertz CT molecular complexity index is 1230. The van der Waals surface area contributed by atoms with Gasteiger partial charge < -0.3 is 10.4 Å². The predicted octanol–water partition coefficient (Wildman–Crippen LogP) is 4.12. The molecule has 2 bridgehead atoms. The van der Waals surface area contributed by atoms with Crippen molar-refractivity contribution in [3.8, 4) is 0 Å². The molecule has 34 heavy (non-hydrogen) atoms. The van der Waals surface area contributed by atoms with E-state index in [-0.39, 0.29) is 48.0 Å². The molecular weight excluding hydrogens is 428 g/mol. The van der Waals surface area contributed by atoms with Crippen LogP contribution in [0.3, 0.4) is 0 Å². The van der Waals surface area contributed by atoms with E-state index in [2.05, 4.69) is 24.0 Å². The molecule has 3 aliphatic rings. The van der Waals surface area contributed by atoms with Crippen LogP contribution >= 0.6 is 0 Å². The number of carbonyl (C=O) groups excluding carboxylic acids is 3. The van der Waals surface area contributed by atoms with Crippen LogP contribution in [0, 0.1) is 30.6 Å². The first-order valence-corrected chi connectivity index (χ1v) is 11.4. The summed E-state index contributed by atoms with van der Waals surface area (Å²) in [7, 11) is 0. The largest absolute Gasteiger partial charge is 0.392 e. The Morgan fingerprint density at radius 2 is 1.74 bits per heavy atom. The van der Waals surface area contributed by atoms with E-state index in [4.69, 9.17) is 0 Å². The number of imide groups is 1. The average molecular weight is 455 g/mol. The van der Waals surface area contributed by atoms with Crippen molar-refractivity contribution in [2.45, 2.75) is 13.3 Å². The molecule has 2 aromatic rings. The fourth-order valence-corrected chi connectivity index (χ4v) is 5.60. The zero-order valence-corrected chi connectivity index (χ0v) is 18.9. The molecule has 1 saturated carbocycles. The molecule has 1 saturated heterocycles. The van der Waals surface area contributed by atoms with Gasteiger partial charge in [0.15, 0.2) is 0 Å². The Hall–Kier alpha value is -3.77. The van der Waals surface area contributed by atoms with E-state index in [0.29, 0.717) is 22.5 Å². The number of rotatable bonds is 6. The number of hydrogen-bond acceptors (Lipinski definition) is 4. The van der Waals surface area contributed by atoms with Crippen LogP contribution in [-0.2, 0) is 9.59 Å². The number of nitrogens with zero attached hydrogens (tertiary/aromatic N) is 1. The quantitative estimate of drug-likeness (QED) is 0.391. The summed E-state index contributed by atoms with van der Waals surface area (Å²) in [6.07, 6.45) is 8.39. The lowest BCUT2D eigenvalue weighted by Crippen LogP contribution is -2.32. The Kier molecular flexibility index (Phi) is 5.54. The zero-order chi connectivity index (χ0) is 24.0. The summed E-state index contributed by atoms with van der Waals surface area (Å²) >= 11 is 0. The second-order valence-electron chi connectivity index (χ2n) is 9.08. The van der Waals surface area contributed by atoms with Gasteiger partial charge in [-0.1, -0.05) is 43.0 Å². The van der Waals surface area contributed by atoms with E-state index >= 15 is 0 Å². The highest BCUT2D eigenvalue weighted by Crippen LogP contribution is 2.53. The van der Waals surface area contributed by atoms with Gasteiger partial charge in [0.2, 0.25) is 11.8 Å². The lowest BCUT2D eigenvalue weighted by atomic mass is 9.85. The third-order valence-electron chi connectivity index (χ3n) is 7.28. The highest BCUT2D eigenvalue weighted by Gasteiger charge is 2.59. The van der Waals surface area contributed by atoms with Gasteiger partial charge in [-0.2, -0.15) is 0 Å². The van der Waals surface area contributed by atoms with E-state index in [9.17, 15) is 19.5 Å². The van der Waals surface area contributed by atoms with Crippen LogP contribution in [0.25, 0.3) is 5.57 Å². The second kappa shape index (κ2) is 8.54. The van der Waals surface area contributed by atoms with Crippen molar-refractivity contribution in [3.05, 3.63) is 90.0 Å². The van der Waals surface area contributed by atoms with E-state index < -0.39 is 0 Å². The first kappa shape index (κ1) is 22.0. The minimum Gasteiger partial charge on any atom is -0.392 e. The number of anilines is 2. The highest BCUT2D eigenvalue weighted by molar-refractivity contribution is 6.23. The highest BCUT2D eigenvalue weighted by atomic mass is 16.3. The van der Waals surface area contributed by atoms with Gasteiger partial charge in [0.25, 0.3) is 5.91 Å². The molecule has 4 unspecified atom stereocenters. The molecule has 3 amide bonds. The molecule has 2 N–H and O–H groups in total. The summed E-state index contributed by atoms with van der Waals surface area (Å²) in [4.78, 5) is 40.2. The topological polar surface area (TPSA) is 86.7 Å². The Labute approximate surface area is 198 Å². The van der Waals surface area contributed by atoms with E-state index in [1.165, 1.54) is 4.90 Å². The van der Waals surface area contributed by atoms with Crippen molar-refractivity contribution in [1.82, 2.24) is 0 Å². The lowest BCUT2D eigenvalue weighted by molar-refractivity contribution is -0.123. The molecule has 2 aliphatic carbocycles. The lowest BCUT2D eigenvalue weighted by Gasteiger charge is -2.18. The summed E-state index contributed by atoms with van der Waals surface area (Å²) in [6, 6.07) is 12.1. The molecule has 6 nitrogen and oxygen atoms in total. The Morgan fingerprint density at radius 3 is 2.32 bits per heavy atom. The minimum absolute atomic E-state index is 0.135. The number of allylic oxidation sites excluding steroid dienone is 4. The van der Waals surface area contributed by atoms with Crippen LogP contribution in [0.1, 0.15) is 27.9 Å². The maximum Gasteiger partial charge on any atom is 0.255 e. The van der Waals surface area contributed by atoms with Crippen LogP contribution < -0.4 is 10.2 Å². The van der Waals surface area contributed by atoms with E-state index in [1.54, 1.807) is 42.5 Å². The van der Waals surface area contributed by atoms with E-state index in [0.717, 1.165) is 17.5 Å². The number of nitrogens with one attached hydrogen (secondary N) is 1. The first-order chi connectivity index (χ1) is 16.4. The smallest absolute Gasteiger partial charge is 0.255 e. The third-order valence-corrected chi connectivity index (χ3v) is 7.28. The average Bonchev–Trinajstić information content (AvgIpc) is 3.53. The molecule has 2 fully saturated rings. The first-order valence-electron chi connectivity index (χ1n) is 11.4. The van der Waals surface area contributed by atoms with E-state index in [1.807, 2.05) is 19.1 Å². The monoisotopic (exact) mass is 454 g/mol. The Morgan fingerprint density at radius 1 is 1.09 bits per heavy atom. The molecule has 6 heteroatoms. The van der Waals surface area contributed by atoms with Gasteiger partial charge in [-0.3, -0.25) is 19.3 Å². The van der Waals surface area contributed by atoms with Crippen molar-refractivity contribution in [2.75, 3.05) is 16.8 Å². The molecule has 4 atom stereocenters. The van der Waals surface area contributed by atoms with Crippen molar-refractivity contribution in [2.24, 2.45) is 23.7 Å². The van der Waals surface area contributed by atoms with Crippen LogP contribution in [0.2, 0.25) is 0 Å². The summed E-state index contributed by atoms with van der Waals surface area (Å²) in [5.41, 5.74) is 3.92. The summed E-state index contributed by atoms with van der Waals surface area (Å²) in [5, 5.41) is 12.6. The van der Waals surface area contributed by atoms with Gasteiger partial charge >= 0.3 is 0 Å². The van der Waals surface area contributed by atoms with Crippen molar-refractivity contribution < 1.29 is 19.5 Å². The molecule has 0 radical (unpaired) electrons. The number of fused-ring (bicyclic) bond motifs is 5. The summed E-state index contributed by atoms with van der Waals surface area (Å²) in [5.74, 6) is -0.753. The molecular formula is C28H26N2O4. The standard InChI is InChI=1S/C28H26N2O4/c1-3-5-20(15-31)22-6-4-7-23(16(22)2)29-26(32)17-10-12-21(13-11-17)30-27(33)24-18-8-9-19(14-18)25(24)28(30)34/h3-13,18-19,24-25,31H,1,14-15H2,2H3,(H,29,32)/b20-5-. The number of amides is 3. The van der Waals surface area contributed by atoms with Crippen LogP contribution in [0.15, 0.2) is 73.3 Å².